The second-order valence-electron chi connectivity index (χ2n) is 11.3. The number of carbonyl (C=O) groups excluding carboxylic acids is 1. The number of likely N-dealkylation sites (N-methyl/N-ethyl adjacent to an activating group) is 1. The third-order valence-corrected chi connectivity index (χ3v) is 8.15. The van der Waals surface area contributed by atoms with Crippen LogP contribution in [0.5, 0.6) is 5.75 Å². The van der Waals surface area contributed by atoms with Crippen LogP contribution in [0.15, 0.2) is 36.4 Å². The van der Waals surface area contributed by atoms with Crippen molar-refractivity contribution in [2.45, 2.75) is 82.0 Å². The molecule has 5 rings (SSSR count). The van der Waals surface area contributed by atoms with Crippen LogP contribution in [0.25, 0.3) is 17.3 Å². The molecule has 2 bridgehead atoms. The maximum atomic E-state index is 12.2. The van der Waals surface area contributed by atoms with Gasteiger partial charge in [0.05, 0.1) is 5.69 Å². The molecule has 1 aromatic heterocycles. The van der Waals surface area contributed by atoms with E-state index in [1.54, 1.807) is 23.1 Å². The van der Waals surface area contributed by atoms with Gasteiger partial charge < -0.3 is 20.2 Å². The lowest BCUT2D eigenvalue weighted by molar-refractivity contribution is -0.125. The molecule has 186 valence electrons. The van der Waals surface area contributed by atoms with E-state index >= 15 is 0 Å². The van der Waals surface area contributed by atoms with Crippen LogP contribution in [-0.2, 0) is 4.79 Å². The van der Waals surface area contributed by atoms with E-state index in [-0.39, 0.29) is 22.7 Å². The molecule has 1 saturated carbocycles. The summed E-state index contributed by atoms with van der Waals surface area (Å²) >= 11 is 0. The van der Waals surface area contributed by atoms with Crippen LogP contribution in [0, 0.1) is 0 Å². The monoisotopic (exact) mass is 475 g/mol. The summed E-state index contributed by atoms with van der Waals surface area (Å²) < 4.78 is 0. The molecule has 7 heteroatoms. The van der Waals surface area contributed by atoms with Crippen molar-refractivity contribution in [1.82, 2.24) is 20.4 Å². The average Bonchev–Trinajstić information content (AvgIpc) is 3.66. The minimum absolute atomic E-state index is 0.0120. The number of aromatic hydroxyl groups is 1. The maximum Gasteiger partial charge on any atom is 0.246 e. The molecule has 3 fully saturated rings. The van der Waals surface area contributed by atoms with Crippen molar-refractivity contribution in [3.8, 4) is 17.0 Å². The summed E-state index contributed by atoms with van der Waals surface area (Å²) in [7, 11) is 3.95. The highest BCUT2D eigenvalue weighted by atomic mass is 16.3. The van der Waals surface area contributed by atoms with Crippen LogP contribution >= 0.6 is 0 Å². The van der Waals surface area contributed by atoms with Crippen molar-refractivity contribution in [3.63, 3.8) is 0 Å². The van der Waals surface area contributed by atoms with Gasteiger partial charge in [0.15, 0.2) is 5.82 Å². The SMILES string of the molecule is CN(C(=O)/C=C/c1ccc(-c2ccc(N(C)C3C[C@]4(C)CCC[C@](C)(C3)N4)nn2)c(O)c1)C1CC1. The fourth-order valence-electron chi connectivity index (χ4n) is 6.05. The number of benzene rings is 1. The van der Waals surface area contributed by atoms with Gasteiger partial charge in [0.25, 0.3) is 0 Å². The predicted octanol–water partition coefficient (Wildman–Crippen LogP) is 4.37. The molecule has 3 heterocycles. The number of nitrogens with zero attached hydrogens (tertiary/aromatic N) is 4. The maximum absolute atomic E-state index is 12.2. The first-order chi connectivity index (χ1) is 16.6. The number of fused-ring (bicyclic) bond motifs is 2. The zero-order chi connectivity index (χ0) is 24.8. The molecule has 2 saturated heterocycles. The fourth-order valence-corrected chi connectivity index (χ4v) is 6.05. The van der Waals surface area contributed by atoms with Crippen LogP contribution in [0.1, 0.15) is 64.4 Å². The van der Waals surface area contributed by atoms with E-state index in [0.717, 1.165) is 37.1 Å². The van der Waals surface area contributed by atoms with Gasteiger partial charge in [-0.3, -0.25) is 4.79 Å². The number of anilines is 1. The van der Waals surface area contributed by atoms with Crippen LogP contribution < -0.4 is 10.2 Å². The number of rotatable bonds is 6. The Morgan fingerprint density at radius 2 is 1.77 bits per heavy atom. The lowest BCUT2D eigenvalue weighted by atomic mass is 9.69. The highest BCUT2D eigenvalue weighted by Gasteiger charge is 2.46. The Hall–Kier alpha value is -2.93. The van der Waals surface area contributed by atoms with Gasteiger partial charge in [-0.2, -0.15) is 0 Å². The molecule has 1 aromatic carbocycles. The van der Waals surface area contributed by atoms with Crippen molar-refractivity contribution in [1.29, 1.82) is 0 Å². The minimum Gasteiger partial charge on any atom is -0.507 e. The van der Waals surface area contributed by atoms with Gasteiger partial charge in [-0.05, 0) is 94.7 Å². The van der Waals surface area contributed by atoms with Gasteiger partial charge >= 0.3 is 0 Å². The minimum atomic E-state index is -0.0120. The molecule has 0 radical (unpaired) electrons. The van der Waals surface area contributed by atoms with E-state index in [1.807, 2.05) is 31.3 Å². The highest BCUT2D eigenvalue weighted by molar-refractivity contribution is 5.92. The Morgan fingerprint density at radius 1 is 1.06 bits per heavy atom. The summed E-state index contributed by atoms with van der Waals surface area (Å²) in [6.45, 7) is 4.70. The molecule has 1 amide bonds. The largest absolute Gasteiger partial charge is 0.507 e. The summed E-state index contributed by atoms with van der Waals surface area (Å²) in [5, 5.41) is 23.5. The van der Waals surface area contributed by atoms with E-state index in [1.165, 1.54) is 19.3 Å². The van der Waals surface area contributed by atoms with Crippen molar-refractivity contribution < 1.29 is 9.90 Å². The normalized spacial score (nSPS) is 28.2. The topological polar surface area (TPSA) is 81.6 Å². The first-order valence-corrected chi connectivity index (χ1v) is 12.8. The van der Waals surface area contributed by atoms with Crippen molar-refractivity contribution >= 4 is 17.8 Å². The van der Waals surface area contributed by atoms with Crippen LogP contribution in [0.2, 0.25) is 0 Å². The average molecular weight is 476 g/mol. The molecule has 3 atom stereocenters. The molecule has 1 unspecified atom stereocenters. The van der Waals surface area contributed by atoms with E-state index in [2.05, 4.69) is 41.3 Å². The number of phenols is 1. The molecule has 7 nitrogen and oxygen atoms in total. The Bertz CT molecular complexity index is 1110. The quantitative estimate of drug-likeness (QED) is 0.604. The number of amides is 1. The summed E-state index contributed by atoms with van der Waals surface area (Å²) in [6.07, 6.45) is 11.4. The number of hydrogen-bond donors (Lipinski definition) is 2. The van der Waals surface area contributed by atoms with Crippen LogP contribution in [-0.4, -0.2) is 63.4 Å². The highest BCUT2D eigenvalue weighted by Crippen LogP contribution is 2.42. The number of hydrogen-bond acceptors (Lipinski definition) is 6. The predicted molar refractivity (Wildman–Crippen MR) is 139 cm³/mol. The lowest BCUT2D eigenvalue weighted by Crippen LogP contribution is -2.66. The Morgan fingerprint density at radius 3 is 2.37 bits per heavy atom. The van der Waals surface area contributed by atoms with Gasteiger partial charge in [-0.1, -0.05) is 6.07 Å². The number of nitrogens with one attached hydrogen (secondary N) is 1. The Labute approximate surface area is 208 Å². The summed E-state index contributed by atoms with van der Waals surface area (Å²) in [4.78, 5) is 16.3. The fraction of sp³-hybridized carbons (Fsp3) is 0.536. The third-order valence-electron chi connectivity index (χ3n) is 8.15. The first-order valence-electron chi connectivity index (χ1n) is 12.8. The molecule has 2 N–H and O–H groups in total. The molecule has 2 aromatic rings. The molecule has 1 aliphatic carbocycles. The lowest BCUT2D eigenvalue weighted by Gasteiger charge is -2.55. The molecule has 35 heavy (non-hydrogen) atoms. The van der Waals surface area contributed by atoms with Crippen LogP contribution in [0.4, 0.5) is 5.82 Å². The van der Waals surface area contributed by atoms with E-state index in [9.17, 15) is 9.90 Å². The van der Waals surface area contributed by atoms with Gasteiger partial charge in [-0.25, -0.2) is 0 Å². The summed E-state index contributed by atoms with van der Waals surface area (Å²) in [5.74, 6) is 0.961. The zero-order valence-electron chi connectivity index (χ0n) is 21.3. The van der Waals surface area contributed by atoms with Gasteiger partial charge in [-0.15, -0.1) is 10.2 Å². The van der Waals surface area contributed by atoms with Crippen LogP contribution in [0.3, 0.4) is 0 Å². The van der Waals surface area contributed by atoms with Gasteiger partial charge in [0, 0.05) is 48.9 Å². The van der Waals surface area contributed by atoms with Crippen molar-refractivity contribution in [2.75, 3.05) is 19.0 Å². The molecule has 3 aliphatic rings. The second-order valence-corrected chi connectivity index (χ2v) is 11.3. The van der Waals surface area contributed by atoms with E-state index < -0.39 is 0 Å². The standard InChI is InChI=1S/C28H37N5O2/c1-27-14-5-15-28(2,31-27)18-21(17-27)32(3)25-12-11-23(29-30-25)22-10-6-19(16-24(22)34)7-13-26(35)33(4)20-8-9-20/h6-7,10-13,16,20-21,31,34H,5,8-9,14-15,17-18H2,1-4H3/b13-7+/t21?,27-,28+. The third kappa shape index (κ3) is 5.06. The Balaban J connectivity index is 1.27. The summed E-state index contributed by atoms with van der Waals surface area (Å²) in [6, 6.07) is 10.1. The zero-order valence-corrected chi connectivity index (χ0v) is 21.3. The molecule has 0 spiro atoms. The molecule has 2 aliphatic heterocycles. The van der Waals surface area contributed by atoms with Crippen molar-refractivity contribution in [3.05, 3.63) is 42.0 Å². The Kier molecular flexibility index (Phi) is 6.08. The number of phenolic OH excluding ortho intramolecular Hbond substituents is 1. The second kappa shape index (κ2) is 8.94. The van der Waals surface area contributed by atoms with Gasteiger partial charge in [0.1, 0.15) is 5.75 Å². The van der Waals surface area contributed by atoms with Crippen molar-refractivity contribution in [2.24, 2.45) is 0 Å². The first kappa shape index (κ1) is 23.8. The smallest absolute Gasteiger partial charge is 0.246 e. The number of piperidine rings is 2. The summed E-state index contributed by atoms with van der Waals surface area (Å²) in [5.41, 5.74) is 2.38. The van der Waals surface area contributed by atoms with Gasteiger partial charge in [0.2, 0.25) is 5.91 Å². The van der Waals surface area contributed by atoms with E-state index in [0.29, 0.717) is 23.3 Å². The molecular formula is C28H37N5O2. The number of aromatic nitrogens is 2. The number of carbonyl (C=O) groups is 1. The molecular weight excluding hydrogens is 438 g/mol. The van der Waals surface area contributed by atoms with E-state index in [4.69, 9.17) is 0 Å².